The number of aromatic nitrogens is 1. The number of nitrogens with one attached hydrogen (secondary N) is 1. The van der Waals surface area contributed by atoms with Crippen LogP contribution in [0.2, 0.25) is 5.02 Å². The SMILES string of the molecule is O=C(Cc1cocn1)Nc1ccc(Cl)cc1. The van der Waals surface area contributed by atoms with Gasteiger partial charge in [-0.2, -0.15) is 0 Å². The fourth-order valence-corrected chi connectivity index (χ4v) is 1.35. The molecule has 0 atom stereocenters. The summed E-state index contributed by atoms with van der Waals surface area (Å²) < 4.78 is 4.77. The normalized spacial score (nSPS) is 10.1. The Morgan fingerprint density at radius 2 is 2.12 bits per heavy atom. The van der Waals surface area contributed by atoms with Gasteiger partial charge in [0.2, 0.25) is 5.91 Å². The summed E-state index contributed by atoms with van der Waals surface area (Å²) in [4.78, 5) is 15.4. The molecular formula is C11H9ClN2O2. The van der Waals surface area contributed by atoms with Crippen molar-refractivity contribution in [1.82, 2.24) is 4.98 Å². The van der Waals surface area contributed by atoms with Gasteiger partial charge in [-0.05, 0) is 24.3 Å². The summed E-state index contributed by atoms with van der Waals surface area (Å²) in [7, 11) is 0. The Kier molecular flexibility index (Phi) is 3.22. The molecule has 0 radical (unpaired) electrons. The highest BCUT2D eigenvalue weighted by Crippen LogP contribution is 2.13. The van der Waals surface area contributed by atoms with Crippen LogP contribution in [0.25, 0.3) is 0 Å². The summed E-state index contributed by atoms with van der Waals surface area (Å²) in [6.45, 7) is 0. The van der Waals surface area contributed by atoms with E-state index in [1.165, 1.54) is 12.7 Å². The maximum absolute atomic E-state index is 11.5. The number of anilines is 1. The lowest BCUT2D eigenvalue weighted by atomic mass is 10.3. The van der Waals surface area contributed by atoms with Crippen molar-refractivity contribution in [2.75, 3.05) is 5.32 Å². The molecular weight excluding hydrogens is 228 g/mol. The summed E-state index contributed by atoms with van der Waals surface area (Å²) in [5.74, 6) is -0.142. The predicted molar refractivity (Wildman–Crippen MR) is 60.3 cm³/mol. The quantitative estimate of drug-likeness (QED) is 0.891. The Morgan fingerprint density at radius 1 is 1.38 bits per heavy atom. The van der Waals surface area contributed by atoms with Crippen LogP contribution in [-0.4, -0.2) is 10.9 Å². The minimum atomic E-state index is -0.142. The number of nitrogens with zero attached hydrogens (tertiary/aromatic N) is 1. The highest BCUT2D eigenvalue weighted by molar-refractivity contribution is 6.30. The summed E-state index contributed by atoms with van der Waals surface area (Å²) in [6.07, 6.45) is 2.94. The summed E-state index contributed by atoms with van der Waals surface area (Å²) >= 11 is 5.73. The van der Waals surface area contributed by atoms with Crippen molar-refractivity contribution in [1.29, 1.82) is 0 Å². The fraction of sp³-hybridized carbons (Fsp3) is 0.0909. The molecule has 5 heteroatoms. The molecule has 1 N–H and O–H groups in total. The first-order valence-corrected chi connectivity index (χ1v) is 5.04. The van der Waals surface area contributed by atoms with Gasteiger partial charge in [-0.15, -0.1) is 0 Å². The van der Waals surface area contributed by atoms with Gasteiger partial charge in [-0.3, -0.25) is 4.79 Å². The summed E-state index contributed by atoms with van der Waals surface area (Å²) in [5.41, 5.74) is 1.31. The number of amides is 1. The Hall–Kier alpha value is -1.81. The van der Waals surface area contributed by atoms with E-state index in [1.807, 2.05) is 0 Å². The molecule has 0 aliphatic carbocycles. The first-order chi connectivity index (χ1) is 7.74. The zero-order chi connectivity index (χ0) is 11.4. The van der Waals surface area contributed by atoms with Crippen molar-refractivity contribution in [3.63, 3.8) is 0 Å². The molecule has 0 unspecified atom stereocenters. The predicted octanol–water partition coefficient (Wildman–Crippen LogP) is 2.51. The highest BCUT2D eigenvalue weighted by Gasteiger charge is 2.05. The molecule has 0 aliphatic heterocycles. The van der Waals surface area contributed by atoms with E-state index >= 15 is 0 Å². The second kappa shape index (κ2) is 4.81. The molecule has 0 spiro atoms. The van der Waals surface area contributed by atoms with Gasteiger partial charge in [0.25, 0.3) is 0 Å². The number of halogens is 1. The lowest BCUT2D eigenvalue weighted by molar-refractivity contribution is -0.115. The van der Waals surface area contributed by atoms with Crippen LogP contribution in [0.15, 0.2) is 41.3 Å². The number of hydrogen-bond donors (Lipinski definition) is 1. The Bertz CT molecular complexity index is 465. The van der Waals surface area contributed by atoms with Crippen molar-refractivity contribution in [3.8, 4) is 0 Å². The van der Waals surface area contributed by atoms with Crippen molar-refractivity contribution < 1.29 is 9.21 Å². The van der Waals surface area contributed by atoms with Crippen molar-refractivity contribution in [3.05, 3.63) is 47.6 Å². The smallest absolute Gasteiger partial charge is 0.230 e. The van der Waals surface area contributed by atoms with Gasteiger partial charge in [0.1, 0.15) is 6.26 Å². The van der Waals surface area contributed by atoms with Crippen molar-refractivity contribution in [2.45, 2.75) is 6.42 Å². The average Bonchev–Trinajstić information content (AvgIpc) is 2.74. The zero-order valence-electron chi connectivity index (χ0n) is 8.31. The molecule has 0 saturated carbocycles. The Morgan fingerprint density at radius 3 is 2.75 bits per heavy atom. The van der Waals surface area contributed by atoms with Gasteiger partial charge in [-0.1, -0.05) is 11.6 Å². The molecule has 1 amide bonds. The molecule has 0 aliphatic rings. The van der Waals surface area contributed by atoms with Crippen LogP contribution in [0.5, 0.6) is 0 Å². The van der Waals surface area contributed by atoms with Gasteiger partial charge in [-0.25, -0.2) is 4.98 Å². The van der Waals surface area contributed by atoms with Gasteiger partial charge >= 0.3 is 0 Å². The molecule has 2 aromatic rings. The molecule has 4 nitrogen and oxygen atoms in total. The second-order valence-corrected chi connectivity index (χ2v) is 3.65. The van der Waals surface area contributed by atoms with Crippen LogP contribution in [0.1, 0.15) is 5.69 Å². The van der Waals surface area contributed by atoms with Gasteiger partial charge in [0.05, 0.1) is 12.1 Å². The average molecular weight is 237 g/mol. The van der Waals surface area contributed by atoms with Gasteiger partial charge < -0.3 is 9.73 Å². The van der Waals surface area contributed by atoms with Gasteiger partial charge in [0, 0.05) is 10.7 Å². The van der Waals surface area contributed by atoms with E-state index in [0.717, 1.165) is 0 Å². The van der Waals surface area contributed by atoms with Crippen molar-refractivity contribution in [2.24, 2.45) is 0 Å². The van der Waals surface area contributed by atoms with E-state index in [2.05, 4.69) is 10.3 Å². The Labute approximate surface area is 97.2 Å². The maximum atomic E-state index is 11.5. The topological polar surface area (TPSA) is 55.1 Å². The highest BCUT2D eigenvalue weighted by atomic mass is 35.5. The van der Waals surface area contributed by atoms with Crippen LogP contribution < -0.4 is 5.32 Å². The van der Waals surface area contributed by atoms with E-state index in [9.17, 15) is 4.79 Å². The number of carbonyl (C=O) groups excluding carboxylic acids is 1. The zero-order valence-corrected chi connectivity index (χ0v) is 9.07. The molecule has 1 heterocycles. The van der Waals surface area contributed by atoms with E-state index in [4.69, 9.17) is 16.0 Å². The first-order valence-electron chi connectivity index (χ1n) is 4.66. The number of rotatable bonds is 3. The lowest BCUT2D eigenvalue weighted by Crippen LogP contribution is -2.14. The largest absolute Gasteiger partial charge is 0.451 e. The molecule has 1 aromatic heterocycles. The lowest BCUT2D eigenvalue weighted by Gasteiger charge is -2.03. The summed E-state index contributed by atoms with van der Waals surface area (Å²) in [5, 5.41) is 3.36. The fourth-order valence-electron chi connectivity index (χ4n) is 1.23. The van der Waals surface area contributed by atoms with Crippen LogP contribution in [0.4, 0.5) is 5.69 Å². The number of benzene rings is 1. The third-order valence-corrected chi connectivity index (χ3v) is 2.21. The Balaban J connectivity index is 1.95. The molecule has 82 valence electrons. The third-order valence-electron chi connectivity index (χ3n) is 1.95. The maximum Gasteiger partial charge on any atom is 0.230 e. The monoisotopic (exact) mass is 236 g/mol. The van der Waals surface area contributed by atoms with Crippen LogP contribution in [0, 0.1) is 0 Å². The van der Waals surface area contributed by atoms with Crippen LogP contribution >= 0.6 is 11.6 Å². The summed E-state index contributed by atoms with van der Waals surface area (Å²) in [6, 6.07) is 6.91. The second-order valence-electron chi connectivity index (χ2n) is 3.21. The van der Waals surface area contributed by atoms with Crippen molar-refractivity contribution >= 4 is 23.2 Å². The molecule has 2 rings (SSSR count). The van der Waals surface area contributed by atoms with E-state index < -0.39 is 0 Å². The number of hydrogen-bond acceptors (Lipinski definition) is 3. The minimum absolute atomic E-state index is 0.142. The van der Waals surface area contributed by atoms with E-state index in [1.54, 1.807) is 24.3 Å². The number of oxazole rings is 1. The van der Waals surface area contributed by atoms with E-state index in [0.29, 0.717) is 16.4 Å². The molecule has 0 bridgehead atoms. The molecule has 0 fully saturated rings. The van der Waals surface area contributed by atoms with E-state index in [-0.39, 0.29) is 12.3 Å². The first kappa shape index (κ1) is 10.7. The standard InChI is InChI=1S/C11H9ClN2O2/c12-8-1-3-9(4-2-8)14-11(15)5-10-6-16-7-13-10/h1-4,6-7H,5H2,(H,14,15). The minimum Gasteiger partial charge on any atom is -0.451 e. The number of carbonyl (C=O) groups is 1. The van der Waals surface area contributed by atoms with Crippen LogP contribution in [-0.2, 0) is 11.2 Å². The molecule has 1 aromatic carbocycles. The molecule has 0 saturated heterocycles. The molecule has 16 heavy (non-hydrogen) atoms. The third kappa shape index (κ3) is 2.84. The van der Waals surface area contributed by atoms with Crippen LogP contribution in [0.3, 0.4) is 0 Å². The van der Waals surface area contributed by atoms with Gasteiger partial charge in [0.15, 0.2) is 6.39 Å².